The predicted molar refractivity (Wildman–Crippen MR) is 138 cm³/mol. The van der Waals surface area contributed by atoms with Gasteiger partial charge in [-0.05, 0) is 43.5 Å². The van der Waals surface area contributed by atoms with Gasteiger partial charge in [0.2, 0.25) is 5.91 Å². The lowest BCUT2D eigenvalue weighted by Gasteiger charge is -2.28. The number of allylic oxidation sites excluding steroid dienone is 3. The summed E-state index contributed by atoms with van der Waals surface area (Å²) in [6, 6.07) is 16.4. The highest BCUT2D eigenvalue weighted by molar-refractivity contribution is 6.00. The van der Waals surface area contributed by atoms with Gasteiger partial charge in [0.15, 0.2) is 0 Å². The normalized spacial score (nSPS) is 17.0. The highest BCUT2D eigenvalue weighted by Gasteiger charge is 2.39. The Balaban J connectivity index is 1.63. The molecule has 0 saturated carbocycles. The van der Waals surface area contributed by atoms with Gasteiger partial charge in [0.1, 0.15) is 25.0 Å². The number of carbonyl (C=O) groups excluding carboxylic acids is 5. The molecule has 0 bridgehead atoms. The molecule has 3 amide bonds. The first kappa shape index (κ1) is 26.5. The Hall–Kier alpha value is -4.53. The maximum Gasteiger partial charge on any atom is 0.326 e. The zero-order chi connectivity index (χ0) is 27.1. The zero-order valence-electron chi connectivity index (χ0n) is 21.1. The van der Waals surface area contributed by atoms with Gasteiger partial charge in [-0.2, -0.15) is 0 Å². The first-order valence-electron chi connectivity index (χ1n) is 12.4. The molecule has 1 heterocycles. The van der Waals surface area contributed by atoms with Gasteiger partial charge < -0.3 is 19.9 Å². The molecule has 0 spiro atoms. The number of benzene rings is 2. The molecule has 38 heavy (non-hydrogen) atoms. The van der Waals surface area contributed by atoms with Crippen molar-refractivity contribution in [2.45, 2.75) is 38.8 Å². The molecule has 1 atom stereocenters. The van der Waals surface area contributed by atoms with Crippen LogP contribution in [0.1, 0.15) is 42.1 Å². The van der Waals surface area contributed by atoms with E-state index in [1.54, 1.807) is 36.4 Å². The molecule has 2 aliphatic rings. The van der Waals surface area contributed by atoms with Gasteiger partial charge in [0.25, 0.3) is 11.8 Å². The van der Waals surface area contributed by atoms with E-state index < -0.39 is 29.7 Å². The zero-order valence-corrected chi connectivity index (χ0v) is 21.1. The minimum absolute atomic E-state index is 0.0465. The van der Waals surface area contributed by atoms with Gasteiger partial charge in [-0.1, -0.05) is 54.6 Å². The van der Waals surface area contributed by atoms with Crippen LogP contribution in [-0.2, 0) is 30.5 Å². The Kier molecular flexibility index (Phi) is 8.47. The first-order valence-corrected chi connectivity index (χ1v) is 12.4. The largest absolute Gasteiger partial charge is 0.459 e. The molecule has 9 nitrogen and oxygen atoms in total. The number of nitrogens with one attached hydrogen (secondary N) is 1. The number of ketones is 1. The maximum absolute atomic E-state index is 13.8. The van der Waals surface area contributed by atoms with Gasteiger partial charge in [-0.25, -0.2) is 0 Å². The molecular weight excluding hydrogens is 486 g/mol. The number of hydrogen-bond acceptors (Lipinski definition) is 6. The van der Waals surface area contributed by atoms with Crippen LogP contribution in [0.2, 0.25) is 0 Å². The molecule has 2 aromatic carbocycles. The smallest absolute Gasteiger partial charge is 0.326 e. The fourth-order valence-corrected chi connectivity index (χ4v) is 4.41. The van der Waals surface area contributed by atoms with Crippen molar-refractivity contribution in [3.05, 3.63) is 95.3 Å². The van der Waals surface area contributed by atoms with Gasteiger partial charge >= 0.3 is 5.97 Å². The molecule has 0 saturated heterocycles. The first-order chi connectivity index (χ1) is 18.3. The van der Waals surface area contributed by atoms with Crippen LogP contribution in [-0.4, -0.2) is 58.4 Å². The molecule has 196 valence electrons. The second-order valence-electron chi connectivity index (χ2n) is 9.12. The lowest BCUT2D eigenvalue weighted by Crippen LogP contribution is -2.52. The topological polar surface area (TPSA) is 113 Å². The molecule has 4 rings (SSSR count). The van der Waals surface area contributed by atoms with Crippen molar-refractivity contribution < 1.29 is 28.7 Å². The van der Waals surface area contributed by atoms with Crippen molar-refractivity contribution in [2.24, 2.45) is 0 Å². The summed E-state index contributed by atoms with van der Waals surface area (Å²) >= 11 is 0. The summed E-state index contributed by atoms with van der Waals surface area (Å²) in [5.74, 6) is -2.47. The van der Waals surface area contributed by atoms with Gasteiger partial charge in [-0.15, -0.1) is 0 Å². The Morgan fingerprint density at radius 3 is 2.37 bits per heavy atom. The van der Waals surface area contributed by atoms with E-state index >= 15 is 0 Å². The van der Waals surface area contributed by atoms with Crippen LogP contribution in [0.4, 0.5) is 0 Å². The highest BCUT2D eigenvalue weighted by Crippen LogP contribution is 2.30. The van der Waals surface area contributed by atoms with E-state index in [4.69, 9.17) is 4.74 Å². The number of Topliss-reactive ketones (excluding diaryl/α,β-unsaturated/α-hetero) is 1. The number of hydrogen-bond donors (Lipinski definition) is 1. The Morgan fingerprint density at radius 1 is 1.00 bits per heavy atom. The van der Waals surface area contributed by atoms with Gasteiger partial charge in [-0.3, -0.25) is 24.0 Å². The summed E-state index contributed by atoms with van der Waals surface area (Å²) in [5, 5.41) is 2.72. The van der Waals surface area contributed by atoms with Crippen molar-refractivity contribution in [3.8, 4) is 0 Å². The van der Waals surface area contributed by atoms with Gasteiger partial charge in [0.05, 0.1) is 18.7 Å². The molecule has 0 fully saturated rings. The van der Waals surface area contributed by atoms with E-state index in [1.165, 1.54) is 16.7 Å². The quantitative estimate of drug-likeness (QED) is 0.427. The van der Waals surface area contributed by atoms with E-state index in [2.05, 4.69) is 5.32 Å². The van der Waals surface area contributed by atoms with Crippen molar-refractivity contribution in [1.29, 1.82) is 0 Å². The molecule has 9 heteroatoms. The third kappa shape index (κ3) is 6.42. The van der Waals surface area contributed by atoms with Crippen LogP contribution >= 0.6 is 0 Å². The Morgan fingerprint density at radius 2 is 1.68 bits per heavy atom. The second-order valence-corrected chi connectivity index (χ2v) is 9.12. The third-order valence-electron chi connectivity index (χ3n) is 6.24. The van der Waals surface area contributed by atoms with Crippen LogP contribution < -0.4 is 5.32 Å². The number of nitrogens with zero attached hydrogens (tertiary/aromatic N) is 2. The van der Waals surface area contributed by atoms with E-state index in [9.17, 15) is 24.0 Å². The summed E-state index contributed by atoms with van der Waals surface area (Å²) in [4.78, 5) is 67.2. The molecule has 2 aromatic rings. The molecule has 0 unspecified atom stereocenters. The van der Waals surface area contributed by atoms with Crippen molar-refractivity contribution >= 4 is 29.5 Å². The van der Waals surface area contributed by atoms with E-state index in [1.807, 2.05) is 36.4 Å². The van der Waals surface area contributed by atoms with E-state index in [0.29, 0.717) is 29.8 Å². The fraction of sp³-hybridized carbons (Fsp3) is 0.276. The molecule has 0 radical (unpaired) electrons. The average molecular weight is 516 g/mol. The van der Waals surface area contributed by atoms with Crippen molar-refractivity contribution in [2.75, 3.05) is 13.1 Å². The summed E-state index contributed by atoms with van der Waals surface area (Å²) in [7, 11) is 0. The van der Waals surface area contributed by atoms with E-state index in [0.717, 1.165) is 5.56 Å². The lowest BCUT2D eigenvalue weighted by molar-refractivity contribution is -0.149. The standard InChI is InChI=1S/C29H29N3O6/c1-20(33)16-26(34)31-17-23(30-28(36)22-12-6-3-7-13-22)29(37)32(25-15-9-8-14-24(25)31)18-27(35)38-19-21-10-4-2-5-11-21/h2-8,10-14,23H,9,15-19H2,1H3,(H,30,36)/t23-/m0/s1. The molecule has 1 N–H and O–H groups in total. The minimum atomic E-state index is -1.15. The third-order valence-corrected chi connectivity index (χ3v) is 6.24. The SMILES string of the molecule is CC(=O)CC(=O)N1C[C@H](NC(=O)c2ccccc2)C(=O)N(CC(=O)OCc2ccccc2)C2=C1C=CCC2. The molecule has 1 aliphatic carbocycles. The number of rotatable bonds is 8. The predicted octanol–water partition coefficient (Wildman–Crippen LogP) is 2.74. The Bertz CT molecular complexity index is 1290. The van der Waals surface area contributed by atoms with Crippen molar-refractivity contribution in [1.82, 2.24) is 15.1 Å². The van der Waals surface area contributed by atoms with Crippen LogP contribution in [0.25, 0.3) is 0 Å². The van der Waals surface area contributed by atoms with Gasteiger partial charge in [0, 0.05) is 11.3 Å². The number of ether oxygens (including phenoxy) is 1. The Labute approximate surface area is 220 Å². The molecule has 0 aromatic heterocycles. The van der Waals surface area contributed by atoms with Crippen LogP contribution in [0, 0.1) is 0 Å². The lowest BCUT2D eigenvalue weighted by atomic mass is 10.1. The number of amides is 3. The van der Waals surface area contributed by atoms with Crippen molar-refractivity contribution in [3.63, 3.8) is 0 Å². The molecular formula is C29H29N3O6. The van der Waals surface area contributed by atoms with E-state index in [-0.39, 0.29) is 31.9 Å². The summed E-state index contributed by atoms with van der Waals surface area (Å²) < 4.78 is 5.43. The monoisotopic (exact) mass is 515 g/mol. The van der Waals surface area contributed by atoms with Crippen LogP contribution in [0.15, 0.2) is 84.2 Å². The van der Waals surface area contributed by atoms with Crippen LogP contribution in [0.3, 0.4) is 0 Å². The minimum Gasteiger partial charge on any atom is -0.459 e. The van der Waals surface area contributed by atoms with Crippen LogP contribution in [0.5, 0.6) is 0 Å². The summed E-state index contributed by atoms with van der Waals surface area (Å²) in [6.45, 7) is 0.800. The summed E-state index contributed by atoms with van der Waals surface area (Å²) in [6.07, 6.45) is 4.22. The number of carbonyl (C=O) groups is 5. The summed E-state index contributed by atoms with van der Waals surface area (Å²) in [5.41, 5.74) is 2.06. The average Bonchev–Trinajstić information content (AvgIpc) is 3.03. The number of esters is 1. The highest BCUT2D eigenvalue weighted by atomic mass is 16.5. The molecule has 1 aliphatic heterocycles. The fourth-order valence-electron chi connectivity index (χ4n) is 4.41. The second kappa shape index (κ2) is 12.1. The maximum atomic E-state index is 13.8.